The van der Waals surface area contributed by atoms with E-state index < -0.39 is 5.95 Å². The molecule has 0 saturated heterocycles. The number of phenolic OH excluding ortho intramolecular Hbond substituents is 1. The van der Waals surface area contributed by atoms with Crippen LogP contribution in [0.1, 0.15) is 15.9 Å². The average Bonchev–Trinajstić information content (AvgIpc) is 2.40. The van der Waals surface area contributed by atoms with Crippen LogP contribution in [0.5, 0.6) is 5.75 Å². The molecule has 0 unspecified atom stereocenters. The number of amides is 1. The second kappa shape index (κ2) is 5.48. The minimum atomic E-state index is -0.677. The lowest BCUT2D eigenvalue weighted by Gasteiger charge is -2.17. The molecule has 0 radical (unpaired) electrons. The molecule has 2 rings (SSSR count). The third kappa shape index (κ3) is 3.28. The van der Waals surface area contributed by atoms with Crippen LogP contribution in [0, 0.1) is 5.95 Å². The van der Waals surface area contributed by atoms with Crippen LogP contribution in [0.3, 0.4) is 0 Å². The molecule has 98 valence electrons. The maximum absolute atomic E-state index is 13.0. The highest BCUT2D eigenvalue weighted by Gasteiger charge is 2.12. The number of hydrogen-bond donors (Lipinski definition) is 1. The van der Waals surface area contributed by atoms with Crippen LogP contribution < -0.4 is 0 Å². The Morgan fingerprint density at radius 1 is 1.32 bits per heavy atom. The number of nitrogens with zero attached hydrogens (tertiary/aromatic N) is 2. The number of pyridine rings is 1. The van der Waals surface area contributed by atoms with E-state index >= 15 is 0 Å². The molecule has 2 aromatic rings. The Bertz CT molecular complexity index is 584. The number of phenols is 1. The van der Waals surface area contributed by atoms with Crippen LogP contribution in [-0.2, 0) is 6.54 Å². The molecule has 1 aromatic carbocycles. The molecule has 0 aliphatic carbocycles. The summed E-state index contributed by atoms with van der Waals surface area (Å²) in [5.74, 6) is -0.785. The van der Waals surface area contributed by atoms with Gasteiger partial charge < -0.3 is 10.0 Å². The van der Waals surface area contributed by atoms with Crippen molar-refractivity contribution >= 4 is 5.91 Å². The normalized spacial score (nSPS) is 10.2. The van der Waals surface area contributed by atoms with E-state index in [1.165, 1.54) is 17.2 Å². The zero-order chi connectivity index (χ0) is 13.8. The first-order valence-corrected chi connectivity index (χ1v) is 5.71. The summed E-state index contributed by atoms with van der Waals surface area (Å²) in [6, 6.07) is 9.15. The van der Waals surface area contributed by atoms with Gasteiger partial charge in [0.05, 0.1) is 0 Å². The van der Waals surface area contributed by atoms with Crippen molar-refractivity contribution in [3.8, 4) is 5.75 Å². The topological polar surface area (TPSA) is 53.4 Å². The summed E-state index contributed by atoms with van der Waals surface area (Å²) in [7, 11) is 1.63. The second-order valence-corrected chi connectivity index (χ2v) is 4.19. The minimum absolute atomic E-state index is 0.175. The molecule has 1 aromatic heterocycles. The fraction of sp³-hybridized carbons (Fsp3) is 0.143. The van der Waals surface area contributed by atoms with Gasteiger partial charge in [-0.05, 0) is 23.8 Å². The van der Waals surface area contributed by atoms with Crippen molar-refractivity contribution in [1.29, 1.82) is 0 Å². The molecule has 0 atom stereocenters. The number of carbonyl (C=O) groups is 1. The van der Waals surface area contributed by atoms with Gasteiger partial charge in [-0.3, -0.25) is 4.79 Å². The van der Waals surface area contributed by atoms with E-state index in [1.54, 1.807) is 31.3 Å². The quantitative estimate of drug-likeness (QED) is 0.861. The molecule has 0 fully saturated rings. The highest BCUT2D eigenvalue weighted by atomic mass is 19.1. The standard InChI is InChI=1S/C14H13FN2O2/c1-17(9-10-2-4-12(18)5-3-10)14(19)11-6-7-16-13(15)8-11/h2-8,18H,9H2,1H3. The number of carbonyl (C=O) groups excluding carboxylic acids is 1. The van der Waals surface area contributed by atoms with Crippen LogP contribution in [-0.4, -0.2) is 27.9 Å². The summed E-state index contributed by atoms with van der Waals surface area (Å²) < 4.78 is 13.0. The van der Waals surface area contributed by atoms with Crippen molar-refractivity contribution in [2.24, 2.45) is 0 Å². The van der Waals surface area contributed by atoms with Crippen LogP contribution in [0.15, 0.2) is 42.6 Å². The Balaban J connectivity index is 2.09. The molecule has 1 amide bonds. The summed E-state index contributed by atoms with van der Waals surface area (Å²) in [6.07, 6.45) is 1.26. The molecule has 5 heteroatoms. The highest BCUT2D eigenvalue weighted by Crippen LogP contribution is 2.12. The van der Waals surface area contributed by atoms with Gasteiger partial charge in [-0.25, -0.2) is 4.98 Å². The van der Waals surface area contributed by atoms with Crippen molar-refractivity contribution in [1.82, 2.24) is 9.88 Å². The predicted molar refractivity (Wildman–Crippen MR) is 68.1 cm³/mol. The van der Waals surface area contributed by atoms with E-state index in [-0.39, 0.29) is 17.2 Å². The molecule has 19 heavy (non-hydrogen) atoms. The van der Waals surface area contributed by atoms with E-state index in [0.717, 1.165) is 11.6 Å². The first-order valence-electron chi connectivity index (χ1n) is 5.71. The molecule has 0 aliphatic heterocycles. The summed E-state index contributed by atoms with van der Waals surface area (Å²) in [4.78, 5) is 16.9. The Hall–Kier alpha value is -2.43. The van der Waals surface area contributed by atoms with Gasteiger partial charge in [0.25, 0.3) is 5.91 Å². The number of aromatic hydroxyl groups is 1. The van der Waals surface area contributed by atoms with E-state index in [9.17, 15) is 14.3 Å². The second-order valence-electron chi connectivity index (χ2n) is 4.19. The number of halogens is 1. The average molecular weight is 260 g/mol. The molecule has 1 heterocycles. The Morgan fingerprint density at radius 3 is 2.63 bits per heavy atom. The zero-order valence-electron chi connectivity index (χ0n) is 10.4. The van der Waals surface area contributed by atoms with Crippen molar-refractivity contribution in [3.63, 3.8) is 0 Å². The van der Waals surface area contributed by atoms with Gasteiger partial charge in [-0.2, -0.15) is 4.39 Å². The fourth-order valence-electron chi connectivity index (χ4n) is 1.70. The number of rotatable bonds is 3. The van der Waals surface area contributed by atoms with Crippen molar-refractivity contribution in [2.75, 3.05) is 7.05 Å². The largest absolute Gasteiger partial charge is 0.508 e. The van der Waals surface area contributed by atoms with Gasteiger partial charge in [-0.1, -0.05) is 12.1 Å². The summed E-state index contributed by atoms with van der Waals surface area (Å²) in [5, 5.41) is 9.18. The Labute approximate surface area is 110 Å². The Kier molecular flexibility index (Phi) is 3.75. The van der Waals surface area contributed by atoms with E-state index in [0.29, 0.717) is 6.54 Å². The monoisotopic (exact) mass is 260 g/mol. The Morgan fingerprint density at radius 2 is 2.00 bits per heavy atom. The van der Waals surface area contributed by atoms with Gasteiger partial charge in [-0.15, -0.1) is 0 Å². The lowest BCUT2D eigenvalue weighted by atomic mass is 10.2. The fourth-order valence-corrected chi connectivity index (χ4v) is 1.70. The van der Waals surface area contributed by atoms with Crippen molar-refractivity contribution in [3.05, 3.63) is 59.7 Å². The van der Waals surface area contributed by atoms with Crippen LogP contribution in [0.4, 0.5) is 4.39 Å². The van der Waals surface area contributed by atoms with Gasteiger partial charge >= 0.3 is 0 Å². The number of benzene rings is 1. The molecule has 1 N–H and O–H groups in total. The summed E-state index contributed by atoms with van der Waals surface area (Å²) in [5.41, 5.74) is 1.14. The van der Waals surface area contributed by atoms with Gasteiger partial charge in [0.1, 0.15) is 5.75 Å². The number of aromatic nitrogens is 1. The molecular formula is C14H13FN2O2. The first kappa shape index (κ1) is 13.0. The molecule has 4 nitrogen and oxygen atoms in total. The highest BCUT2D eigenvalue weighted by molar-refractivity contribution is 5.93. The summed E-state index contributed by atoms with van der Waals surface area (Å²) in [6.45, 7) is 0.378. The van der Waals surface area contributed by atoms with Crippen LogP contribution >= 0.6 is 0 Å². The lowest BCUT2D eigenvalue weighted by molar-refractivity contribution is 0.0784. The van der Waals surface area contributed by atoms with Gasteiger partial charge in [0.15, 0.2) is 0 Å². The SMILES string of the molecule is CN(Cc1ccc(O)cc1)C(=O)c1ccnc(F)c1. The van der Waals surface area contributed by atoms with Gasteiger partial charge in [0, 0.05) is 31.4 Å². The number of hydrogen-bond acceptors (Lipinski definition) is 3. The van der Waals surface area contributed by atoms with Crippen LogP contribution in [0.2, 0.25) is 0 Å². The minimum Gasteiger partial charge on any atom is -0.508 e. The van der Waals surface area contributed by atoms with Crippen LogP contribution in [0.25, 0.3) is 0 Å². The third-order valence-electron chi connectivity index (χ3n) is 2.68. The van der Waals surface area contributed by atoms with E-state index in [2.05, 4.69) is 4.98 Å². The van der Waals surface area contributed by atoms with E-state index in [1.807, 2.05) is 0 Å². The molecule has 0 spiro atoms. The predicted octanol–water partition coefficient (Wildman–Crippen LogP) is 2.20. The smallest absolute Gasteiger partial charge is 0.254 e. The molecule has 0 bridgehead atoms. The first-order chi connectivity index (χ1) is 9.06. The maximum atomic E-state index is 13.0. The van der Waals surface area contributed by atoms with Crippen molar-refractivity contribution < 1.29 is 14.3 Å². The lowest BCUT2D eigenvalue weighted by Crippen LogP contribution is -2.26. The molecule has 0 aliphatic rings. The molecular weight excluding hydrogens is 247 g/mol. The summed E-state index contributed by atoms with van der Waals surface area (Å²) >= 11 is 0. The maximum Gasteiger partial charge on any atom is 0.254 e. The van der Waals surface area contributed by atoms with Gasteiger partial charge in [0.2, 0.25) is 5.95 Å². The molecule has 0 saturated carbocycles. The zero-order valence-corrected chi connectivity index (χ0v) is 10.4. The third-order valence-corrected chi connectivity index (χ3v) is 2.68. The van der Waals surface area contributed by atoms with E-state index in [4.69, 9.17) is 0 Å². The van der Waals surface area contributed by atoms with Crippen molar-refractivity contribution in [2.45, 2.75) is 6.54 Å².